The number of rotatable bonds is 6. The van der Waals surface area contributed by atoms with Gasteiger partial charge in [-0.15, -0.1) is 0 Å². The van der Waals surface area contributed by atoms with Crippen molar-refractivity contribution < 1.29 is 14.3 Å². The molecule has 0 unspecified atom stereocenters. The Hall–Kier alpha value is -1.77. The van der Waals surface area contributed by atoms with E-state index in [0.29, 0.717) is 12.5 Å². The minimum absolute atomic E-state index is 0.356. The second kappa shape index (κ2) is 7.62. The first-order valence-electron chi connectivity index (χ1n) is 6.60. The Labute approximate surface area is 115 Å². The molecule has 0 saturated heterocycles. The van der Waals surface area contributed by atoms with Gasteiger partial charge in [-0.1, -0.05) is 26.8 Å². The Morgan fingerprint density at radius 2 is 2.05 bits per heavy atom. The summed E-state index contributed by atoms with van der Waals surface area (Å²) in [6.45, 7) is 7.03. The summed E-state index contributed by atoms with van der Waals surface area (Å²) >= 11 is 0. The van der Waals surface area contributed by atoms with Gasteiger partial charge in [0.1, 0.15) is 5.75 Å². The van der Waals surface area contributed by atoms with Gasteiger partial charge in [-0.05, 0) is 41.7 Å². The summed E-state index contributed by atoms with van der Waals surface area (Å²) in [5, 5.41) is 0. The van der Waals surface area contributed by atoms with Crippen LogP contribution in [0.1, 0.15) is 44.2 Å². The topological polar surface area (TPSA) is 35.5 Å². The molecule has 0 atom stereocenters. The van der Waals surface area contributed by atoms with Gasteiger partial charge < -0.3 is 9.47 Å². The van der Waals surface area contributed by atoms with Crippen molar-refractivity contribution in [2.75, 3.05) is 13.7 Å². The average Bonchev–Trinajstić information content (AvgIpc) is 2.42. The molecule has 104 valence electrons. The Balaban J connectivity index is 2.98. The molecule has 3 heteroatoms. The zero-order valence-electron chi connectivity index (χ0n) is 12.1. The van der Waals surface area contributed by atoms with Crippen molar-refractivity contribution in [1.29, 1.82) is 0 Å². The fourth-order valence-corrected chi connectivity index (χ4v) is 1.61. The highest BCUT2D eigenvalue weighted by atomic mass is 16.5. The first-order valence-corrected chi connectivity index (χ1v) is 6.60. The van der Waals surface area contributed by atoms with Gasteiger partial charge in [-0.3, -0.25) is 0 Å². The number of ether oxygens (including phenoxy) is 2. The second-order valence-corrected chi connectivity index (χ2v) is 4.70. The van der Waals surface area contributed by atoms with Crippen LogP contribution in [0, 0.1) is 0 Å². The number of hydrogen-bond acceptors (Lipinski definition) is 3. The SMILES string of the molecule is CCCOc1cc(/C=C/C(=O)OC)cc(C(C)C)c1. The van der Waals surface area contributed by atoms with Gasteiger partial charge in [0.15, 0.2) is 0 Å². The van der Waals surface area contributed by atoms with E-state index in [9.17, 15) is 4.79 Å². The quantitative estimate of drug-likeness (QED) is 0.578. The van der Waals surface area contributed by atoms with Crippen molar-refractivity contribution in [3.05, 3.63) is 35.4 Å². The Kier molecular flexibility index (Phi) is 6.13. The van der Waals surface area contributed by atoms with Crippen LogP contribution in [-0.2, 0) is 9.53 Å². The van der Waals surface area contributed by atoms with E-state index in [-0.39, 0.29) is 5.97 Å². The molecule has 19 heavy (non-hydrogen) atoms. The Bertz CT molecular complexity index is 447. The van der Waals surface area contributed by atoms with Gasteiger partial charge in [0.2, 0.25) is 0 Å². The van der Waals surface area contributed by atoms with Gasteiger partial charge in [-0.25, -0.2) is 4.79 Å². The predicted octanol–water partition coefficient (Wildman–Crippen LogP) is 3.79. The molecule has 0 fully saturated rings. The largest absolute Gasteiger partial charge is 0.494 e. The smallest absolute Gasteiger partial charge is 0.330 e. The Morgan fingerprint density at radius 3 is 2.63 bits per heavy atom. The van der Waals surface area contributed by atoms with E-state index in [4.69, 9.17) is 4.74 Å². The van der Waals surface area contributed by atoms with Crippen LogP contribution in [0.25, 0.3) is 6.08 Å². The molecule has 0 bridgehead atoms. The number of carbonyl (C=O) groups excluding carboxylic acids is 1. The molecular formula is C16H22O3. The minimum Gasteiger partial charge on any atom is -0.494 e. The molecule has 1 aromatic carbocycles. The standard InChI is InChI=1S/C16H22O3/c1-5-8-19-15-10-13(6-7-16(17)18-4)9-14(11-15)12(2)3/h6-7,9-12H,5,8H2,1-4H3/b7-6+. The van der Waals surface area contributed by atoms with Crippen LogP contribution in [0.15, 0.2) is 24.3 Å². The lowest BCUT2D eigenvalue weighted by atomic mass is 10.00. The molecule has 0 aliphatic heterocycles. The molecule has 0 radical (unpaired) electrons. The van der Waals surface area contributed by atoms with E-state index in [2.05, 4.69) is 37.6 Å². The lowest BCUT2D eigenvalue weighted by Crippen LogP contribution is -1.98. The molecule has 3 nitrogen and oxygen atoms in total. The fourth-order valence-electron chi connectivity index (χ4n) is 1.61. The maximum atomic E-state index is 11.1. The first-order chi connectivity index (χ1) is 9.06. The maximum Gasteiger partial charge on any atom is 0.330 e. The van der Waals surface area contributed by atoms with E-state index in [1.807, 2.05) is 6.07 Å². The fraction of sp³-hybridized carbons (Fsp3) is 0.438. The summed E-state index contributed by atoms with van der Waals surface area (Å²) in [6, 6.07) is 6.04. The summed E-state index contributed by atoms with van der Waals surface area (Å²) in [6.07, 6.45) is 4.14. The van der Waals surface area contributed by atoms with Crippen LogP contribution in [0.2, 0.25) is 0 Å². The molecule has 1 aromatic rings. The predicted molar refractivity (Wildman–Crippen MR) is 77.4 cm³/mol. The van der Waals surface area contributed by atoms with E-state index in [0.717, 1.165) is 17.7 Å². The van der Waals surface area contributed by atoms with Gasteiger partial charge in [0, 0.05) is 6.08 Å². The maximum absolute atomic E-state index is 11.1. The van der Waals surface area contributed by atoms with Crippen LogP contribution in [0.5, 0.6) is 5.75 Å². The molecule has 0 spiro atoms. The van der Waals surface area contributed by atoms with Crippen LogP contribution in [0.4, 0.5) is 0 Å². The van der Waals surface area contributed by atoms with Gasteiger partial charge >= 0.3 is 5.97 Å². The molecule has 1 rings (SSSR count). The normalized spacial score (nSPS) is 11.0. The van der Waals surface area contributed by atoms with Crippen LogP contribution < -0.4 is 4.74 Å². The van der Waals surface area contributed by atoms with Crippen molar-refractivity contribution in [2.24, 2.45) is 0 Å². The van der Waals surface area contributed by atoms with E-state index < -0.39 is 0 Å². The lowest BCUT2D eigenvalue weighted by Gasteiger charge is -2.11. The third kappa shape index (κ3) is 5.16. The summed E-state index contributed by atoms with van der Waals surface area (Å²) in [5.41, 5.74) is 2.14. The average molecular weight is 262 g/mol. The third-order valence-electron chi connectivity index (χ3n) is 2.70. The van der Waals surface area contributed by atoms with Crippen molar-refractivity contribution in [3.8, 4) is 5.75 Å². The molecule has 0 saturated carbocycles. The van der Waals surface area contributed by atoms with Crippen molar-refractivity contribution in [2.45, 2.75) is 33.1 Å². The zero-order chi connectivity index (χ0) is 14.3. The number of benzene rings is 1. The van der Waals surface area contributed by atoms with Crippen molar-refractivity contribution >= 4 is 12.0 Å². The lowest BCUT2D eigenvalue weighted by molar-refractivity contribution is -0.134. The number of hydrogen-bond donors (Lipinski definition) is 0. The van der Waals surface area contributed by atoms with Crippen molar-refractivity contribution in [3.63, 3.8) is 0 Å². The highest BCUT2D eigenvalue weighted by molar-refractivity contribution is 5.87. The third-order valence-corrected chi connectivity index (χ3v) is 2.70. The summed E-state index contributed by atoms with van der Waals surface area (Å²) in [7, 11) is 1.37. The van der Waals surface area contributed by atoms with Crippen LogP contribution in [0.3, 0.4) is 0 Å². The second-order valence-electron chi connectivity index (χ2n) is 4.70. The van der Waals surface area contributed by atoms with Crippen LogP contribution >= 0.6 is 0 Å². The molecule has 0 aliphatic carbocycles. The monoisotopic (exact) mass is 262 g/mol. The number of carbonyl (C=O) groups is 1. The number of methoxy groups -OCH3 is 1. The molecular weight excluding hydrogens is 240 g/mol. The van der Waals surface area contributed by atoms with E-state index in [1.165, 1.54) is 18.7 Å². The molecule has 0 amide bonds. The van der Waals surface area contributed by atoms with Gasteiger partial charge in [0.25, 0.3) is 0 Å². The Morgan fingerprint density at radius 1 is 1.32 bits per heavy atom. The highest BCUT2D eigenvalue weighted by Crippen LogP contribution is 2.24. The minimum atomic E-state index is -0.356. The summed E-state index contributed by atoms with van der Waals surface area (Å²) in [4.78, 5) is 11.1. The number of esters is 1. The molecule has 0 aromatic heterocycles. The van der Waals surface area contributed by atoms with Gasteiger partial charge in [0.05, 0.1) is 13.7 Å². The molecule has 0 heterocycles. The molecule has 0 N–H and O–H groups in total. The van der Waals surface area contributed by atoms with E-state index in [1.54, 1.807) is 6.08 Å². The van der Waals surface area contributed by atoms with Gasteiger partial charge in [-0.2, -0.15) is 0 Å². The first kappa shape index (κ1) is 15.3. The molecule has 0 aliphatic rings. The van der Waals surface area contributed by atoms with Crippen LogP contribution in [-0.4, -0.2) is 19.7 Å². The zero-order valence-corrected chi connectivity index (χ0v) is 12.1. The van der Waals surface area contributed by atoms with Crippen molar-refractivity contribution in [1.82, 2.24) is 0 Å². The highest BCUT2D eigenvalue weighted by Gasteiger charge is 2.04. The summed E-state index contributed by atoms with van der Waals surface area (Å²) in [5.74, 6) is 0.902. The summed E-state index contributed by atoms with van der Waals surface area (Å²) < 4.78 is 10.3. The van der Waals surface area contributed by atoms with E-state index >= 15 is 0 Å².